The van der Waals surface area contributed by atoms with Crippen molar-refractivity contribution in [1.82, 2.24) is 4.98 Å². The molecule has 1 rings (SSSR count). The molecule has 2 N–H and O–H groups in total. The lowest BCUT2D eigenvalue weighted by molar-refractivity contribution is -0.115. The number of amides is 1. The number of hydrogen-bond acceptors (Lipinski definition) is 5. The predicted octanol–water partition coefficient (Wildman–Crippen LogP) is 0.151. The minimum absolute atomic E-state index is 0.0366. The first kappa shape index (κ1) is 14.1. The monoisotopic (exact) mass is 272 g/mol. The summed E-state index contributed by atoms with van der Waals surface area (Å²) in [7, 11) is -3.54. The summed E-state index contributed by atoms with van der Waals surface area (Å²) in [5.41, 5.74) is -0.190. The lowest BCUT2D eigenvalue weighted by Crippen LogP contribution is -2.32. The number of pyridine rings is 1. The Morgan fingerprint density at radius 1 is 1.44 bits per heavy atom. The highest BCUT2D eigenvalue weighted by Gasteiger charge is 2.24. The SMILES string of the molecule is CC(C(=O)Nc1cnccc1C(=O)O)S(C)(=O)=O. The average molecular weight is 272 g/mol. The Hall–Kier alpha value is -1.96. The molecular formula is C10H12N2O5S. The molecule has 0 bridgehead atoms. The number of carbonyl (C=O) groups excluding carboxylic acids is 1. The lowest BCUT2D eigenvalue weighted by atomic mass is 10.2. The summed E-state index contributed by atoms with van der Waals surface area (Å²) in [5.74, 6) is -2.03. The van der Waals surface area contributed by atoms with Crippen LogP contribution in [0, 0.1) is 0 Å². The van der Waals surface area contributed by atoms with Crippen molar-refractivity contribution in [3.8, 4) is 0 Å². The average Bonchev–Trinajstić information content (AvgIpc) is 2.27. The normalized spacial score (nSPS) is 12.8. The Labute approximate surface area is 104 Å². The van der Waals surface area contributed by atoms with Crippen LogP contribution in [0.1, 0.15) is 17.3 Å². The highest BCUT2D eigenvalue weighted by atomic mass is 32.2. The highest BCUT2D eigenvalue weighted by molar-refractivity contribution is 7.92. The molecule has 0 aliphatic carbocycles. The van der Waals surface area contributed by atoms with Gasteiger partial charge in [-0.1, -0.05) is 0 Å². The minimum atomic E-state index is -3.54. The van der Waals surface area contributed by atoms with Gasteiger partial charge in [0.05, 0.1) is 17.4 Å². The Balaban J connectivity index is 2.99. The molecule has 0 spiro atoms. The molecule has 18 heavy (non-hydrogen) atoms. The van der Waals surface area contributed by atoms with Crippen LogP contribution in [0.25, 0.3) is 0 Å². The molecule has 1 amide bonds. The molecule has 1 heterocycles. The largest absolute Gasteiger partial charge is 0.478 e. The predicted molar refractivity (Wildman–Crippen MR) is 64.1 cm³/mol. The van der Waals surface area contributed by atoms with Crippen molar-refractivity contribution in [2.45, 2.75) is 12.2 Å². The maximum absolute atomic E-state index is 11.6. The quantitative estimate of drug-likeness (QED) is 0.806. The summed E-state index contributed by atoms with van der Waals surface area (Å²) in [6, 6.07) is 1.21. The van der Waals surface area contributed by atoms with Crippen molar-refractivity contribution in [3.63, 3.8) is 0 Å². The summed E-state index contributed by atoms with van der Waals surface area (Å²) < 4.78 is 22.4. The van der Waals surface area contributed by atoms with Crippen LogP contribution < -0.4 is 5.32 Å². The van der Waals surface area contributed by atoms with Gasteiger partial charge in [-0.25, -0.2) is 13.2 Å². The highest BCUT2D eigenvalue weighted by Crippen LogP contribution is 2.14. The Kier molecular flexibility index (Phi) is 4.02. The van der Waals surface area contributed by atoms with Gasteiger partial charge in [0.1, 0.15) is 5.25 Å². The van der Waals surface area contributed by atoms with Gasteiger partial charge < -0.3 is 10.4 Å². The third-order valence-corrected chi connectivity index (χ3v) is 3.82. The second kappa shape index (κ2) is 5.13. The van der Waals surface area contributed by atoms with Crippen LogP contribution in [0.5, 0.6) is 0 Å². The zero-order chi connectivity index (χ0) is 13.9. The second-order valence-electron chi connectivity index (χ2n) is 3.69. The number of hydrogen-bond donors (Lipinski definition) is 2. The molecule has 0 saturated heterocycles. The van der Waals surface area contributed by atoms with Crippen LogP contribution in [0.4, 0.5) is 5.69 Å². The van der Waals surface area contributed by atoms with Crippen LogP contribution >= 0.6 is 0 Å². The van der Waals surface area contributed by atoms with Crippen molar-refractivity contribution in [2.24, 2.45) is 0 Å². The van der Waals surface area contributed by atoms with E-state index in [4.69, 9.17) is 5.11 Å². The maximum atomic E-state index is 11.6. The third kappa shape index (κ3) is 3.27. The summed E-state index contributed by atoms with van der Waals surface area (Å²) in [4.78, 5) is 26.2. The number of carboxylic acids is 1. The van der Waals surface area contributed by atoms with E-state index >= 15 is 0 Å². The molecule has 1 unspecified atom stereocenters. The van der Waals surface area contributed by atoms with Gasteiger partial charge in [0.25, 0.3) is 0 Å². The van der Waals surface area contributed by atoms with E-state index in [0.29, 0.717) is 0 Å². The zero-order valence-electron chi connectivity index (χ0n) is 9.75. The maximum Gasteiger partial charge on any atom is 0.337 e. The summed E-state index contributed by atoms with van der Waals surface area (Å²) in [6.07, 6.45) is 3.34. The molecular weight excluding hydrogens is 260 g/mol. The van der Waals surface area contributed by atoms with Crippen LogP contribution in [-0.4, -0.2) is 41.9 Å². The molecule has 0 saturated carbocycles. The van der Waals surface area contributed by atoms with E-state index in [1.807, 2.05) is 0 Å². The van der Waals surface area contributed by atoms with E-state index in [9.17, 15) is 18.0 Å². The molecule has 7 nitrogen and oxygen atoms in total. The summed E-state index contributed by atoms with van der Waals surface area (Å²) >= 11 is 0. The second-order valence-corrected chi connectivity index (χ2v) is 6.05. The number of aromatic carboxylic acids is 1. The van der Waals surface area contributed by atoms with Crippen LogP contribution in [0.2, 0.25) is 0 Å². The van der Waals surface area contributed by atoms with Crippen LogP contribution in [0.15, 0.2) is 18.5 Å². The first-order valence-corrected chi connectivity index (χ1v) is 6.86. The van der Waals surface area contributed by atoms with Crippen molar-refractivity contribution in [2.75, 3.05) is 11.6 Å². The number of sulfone groups is 1. The number of nitrogens with one attached hydrogen (secondary N) is 1. The fourth-order valence-corrected chi connectivity index (χ4v) is 1.56. The molecule has 0 aromatic carbocycles. The van der Waals surface area contributed by atoms with Gasteiger partial charge in [0, 0.05) is 12.5 Å². The van der Waals surface area contributed by atoms with Gasteiger partial charge in [0.15, 0.2) is 9.84 Å². The van der Waals surface area contributed by atoms with Crippen LogP contribution in [-0.2, 0) is 14.6 Å². The summed E-state index contributed by atoms with van der Waals surface area (Å²) in [5, 5.41) is 9.85. The number of nitrogens with zero attached hydrogens (tertiary/aromatic N) is 1. The number of rotatable bonds is 4. The van der Waals surface area contributed by atoms with E-state index < -0.39 is 27.0 Å². The molecule has 1 aromatic heterocycles. The van der Waals surface area contributed by atoms with Gasteiger partial charge in [-0.3, -0.25) is 9.78 Å². The Bertz CT molecular complexity index is 582. The molecule has 1 aromatic rings. The standard InChI is InChI=1S/C10H12N2O5S/c1-6(18(2,16)17)9(13)12-8-5-11-4-3-7(8)10(14)15/h3-6H,1-2H3,(H,12,13)(H,14,15). The minimum Gasteiger partial charge on any atom is -0.478 e. The topological polar surface area (TPSA) is 113 Å². The lowest BCUT2D eigenvalue weighted by Gasteiger charge is -2.11. The van der Waals surface area contributed by atoms with Crippen molar-refractivity contribution >= 4 is 27.4 Å². The molecule has 0 aliphatic heterocycles. The van der Waals surface area contributed by atoms with Gasteiger partial charge in [-0.05, 0) is 13.0 Å². The van der Waals surface area contributed by atoms with Gasteiger partial charge >= 0.3 is 5.97 Å². The Morgan fingerprint density at radius 3 is 2.56 bits per heavy atom. The molecule has 0 aliphatic rings. The van der Waals surface area contributed by atoms with E-state index in [2.05, 4.69) is 10.3 Å². The van der Waals surface area contributed by atoms with Crippen molar-refractivity contribution in [1.29, 1.82) is 0 Å². The summed E-state index contributed by atoms with van der Waals surface area (Å²) in [6.45, 7) is 1.22. The first-order valence-electron chi connectivity index (χ1n) is 4.90. The van der Waals surface area contributed by atoms with Crippen LogP contribution in [0.3, 0.4) is 0 Å². The number of anilines is 1. The number of carbonyl (C=O) groups is 2. The fourth-order valence-electron chi connectivity index (χ4n) is 1.11. The fraction of sp³-hybridized carbons (Fsp3) is 0.300. The van der Waals surface area contributed by atoms with Crippen molar-refractivity contribution < 1.29 is 23.1 Å². The molecule has 98 valence electrons. The molecule has 8 heteroatoms. The van der Waals surface area contributed by atoms with E-state index in [1.165, 1.54) is 19.2 Å². The van der Waals surface area contributed by atoms with E-state index in [0.717, 1.165) is 12.5 Å². The smallest absolute Gasteiger partial charge is 0.337 e. The first-order chi connectivity index (χ1) is 8.23. The number of aromatic nitrogens is 1. The third-order valence-electron chi connectivity index (χ3n) is 2.32. The molecule has 0 fully saturated rings. The van der Waals surface area contributed by atoms with Gasteiger partial charge in [0.2, 0.25) is 5.91 Å². The van der Waals surface area contributed by atoms with E-state index in [-0.39, 0.29) is 11.3 Å². The van der Waals surface area contributed by atoms with Crippen molar-refractivity contribution in [3.05, 3.63) is 24.0 Å². The van der Waals surface area contributed by atoms with Gasteiger partial charge in [-0.15, -0.1) is 0 Å². The zero-order valence-corrected chi connectivity index (χ0v) is 10.6. The van der Waals surface area contributed by atoms with E-state index in [1.54, 1.807) is 0 Å². The Morgan fingerprint density at radius 2 is 2.06 bits per heavy atom. The molecule has 0 radical (unpaired) electrons. The molecule has 1 atom stereocenters. The van der Waals surface area contributed by atoms with Gasteiger partial charge in [-0.2, -0.15) is 0 Å². The number of carboxylic acid groups (broad SMARTS) is 1.